The number of rotatable bonds is 4. The Balaban J connectivity index is 1.61. The van der Waals surface area contributed by atoms with E-state index >= 15 is 0 Å². The fraction of sp³-hybridized carbons (Fsp3) is 0.333. The number of carbonyl (C=O) groups is 1. The number of hydrogen-bond donors (Lipinski definition) is 3. The van der Waals surface area contributed by atoms with Crippen molar-refractivity contribution in [1.29, 1.82) is 0 Å². The first kappa shape index (κ1) is 20.7. The van der Waals surface area contributed by atoms with Crippen molar-refractivity contribution >= 4 is 23.1 Å². The molecule has 4 rings (SSSR count). The van der Waals surface area contributed by atoms with E-state index < -0.39 is 11.7 Å². The summed E-state index contributed by atoms with van der Waals surface area (Å²) in [6.45, 7) is 1.60. The summed E-state index contributed by atoms with van der Waals surface area (Å²) in [5, 5.41) is 7.15. The second kappa shape index (κ2) is 8.68. The number of aryl methyl sites for hydroxylation is 1. The molecular formula is C21H25FN8O. The van der Waals surface area contributed by atoms with E-state index in [1.807, 2.05) is 7.05 Å². The minimum atomic E-state index is -0.515. The highest BCUT2D eigenvalue weighted by atomic mass is 19.1. The summed E-state index contributed by atoms with van der Waals surface area (Å²) in [4.78, 5) is 23.5. The molecule has 1 aliphatic rings. The minimum Gasteiger partial charge on any atom is -0.396 e. The van der Waals surface area contributed by atoms with Gasteiger partial charge in [-0.3, -0.25) is 9.48 Å². The molecular weight excluding hydrogens is 399 g/mol. The Bertz CT molecular complexity index is 1100. The highest BCUT2D eigenvalue weighted by molar-refractivity contribution is 6.07. The molecule has 3 heterocycles. The standard InChI is InChI=1S/C21H25FN8O/c1-29-21(30-9-4-5-13(23)8-10-30)17(12-26-29)27-20(31)18-16(24)11-25-19(28-18)14-6-2-3-7-15(14)22/h2-3,6-7,11-13H,4-5,8-10,23-24H2,1H3,(H,27,31)/t13-/m1/s1. The van der Waals surface area contributed by atoms with Gasteiger partial charge in [0, 0.05) is 26.2 Å². The molecule has 2 aromatic heterocycles. The first-order valence-electron chi connectivity index (χ1n) is 10.2. The van der Waals surface area contributed by atoms with Crippen LogP contribution in [0.4, 0.5) is 21.6 Å². The highest BCUT2D eigenvalue weighted by Crippen LogP contribution is 2.28. The molecule has 1 aromatic carbocycles. The van der Waals surface area contributed by atoms with E-state index in [2.05, 4.69) is 25.3 Å². The lowest BCUT2D eigenvalue weighted by molar-refractivity contribution is 0.102. The number of amides is 1. The van der Waals surface area contributed by atoms with E-state index in [0.29, 0.717) is 5.69 Å². The number of nitrogens with zero attached hydrogens (tertiary/aromatic N) is 5. The van der Waals surface area contributed by atoms with Crippen molar-refractivity contribution in [1.82, 2.24) is 19.7 Å². The highest BCUT2D eigenvalue weighted by Gasteiger charge is 2.23. The monoisotopic (exact) mass is 424 g/mol. The van der Waals surface area contributed by atoms with Gasteiger partial charge in [-0.15, -0.1) is 0 Å². The quantitative estimate of drug-likeness (QED) is 0.585. The Hall–Kier alpha value is -3.53. The summed E-state index contributed by atoms with van der Waals surface area (Å²) in [6.07, 6.45) is 5.69. The number of carbonyl (C=O) groups excluding carboxylic acids is 1. The summed E-state index contributed by atoms with van der Waals surface area (Å²) < 4.78 is 15.9. The third-order valence-corrected chi connectivity index (χ3v) is 5.37. The Labute approximate surface area is 179 Å². The van der Waals surface area contributed by atoms with Crippen molar-refractivity contribution in [2.45, 2.75) is 25.3 Å². The molecule has 9 nitrogen and oxygen atoms in total. The maximum absolute atomic E-state index is 14.1. The zero-order valence-electron chi connectivity index (χ0n) is 17.3. The van der Waals surface area contributed by atoms with Gasteiger partial charge in [-0.2, -0.15) is 5.10 Å². The number of benzene rings is 1. The van der Waals surface area contributed by atoms with Crippen LogP contribution in [0.15, 0.2) is 36.7 Å². The zero-order valence-corrected chi connectivity index (χ0v) is 17.3. The summed E-state index contributed by atoms with van der Waals surface area (Å²) >= 11 is 0. The van der Waals surface area contributed by atoms with Gasteiger partial charge < -0.3 is 21.7 Å². The molecule has 1 aliphatic heterocycles. The van der Waals surface area contributed by atoms with Gasteiger partial charge in [0.25, 0.3) is 5.91 Å². The van der Waals surface area contributed by atoms with Crippen LogP contribution in [-0.2, 0) is 7.05 Å². The molecule has 0 aliphatic carbocycles. The van der Waals surface area contributed by atoms with E-state index in [1.54, 1.807) is 29.1 Å². The van der Waals surface area contributed by atoms with Crippen molar-refractivity contribution in [2.75, 3.05) is 29.0 Å². The molecule has 0 radical (unpaired) electrons. The Kier molecular flexibility index (Phi) is 5.81. The Morgan fingerprint density at radius 3 is 2.84 bits per heavy atom. The van der Waals surface area contributed by atoms with Crippen molar-refractivity contribution in [2.24, 2.45) is 12.8 Å². The molecule has 162 valence electrons. The molecule has 5 N–H and O–H groups in total. The zero-order chi connectivity index (χ0) is 22.0. The summed E-state index contributed by atoms with van der Waals surface area (Å²) in [5.74, 6) is -0.111. The lowest BCUT2D eigenvalue weighted by Crippen LogP contribution is -2.29. The van der Waals surface area contributed by atoms with Crippen molar-refractivity contribution in [3.63, 3.8) is 0 Å². The number of anilines is 3. The van der Waals surface area contributed by atoms with Gasteiger partial charge in [0.05, 0.1) is 23.6 Å². The minimum absolute atomic E-state index is 0.0269. The second-order valence-electron chi connectivity index (χ2n) is 7.62. The lowest BCUT2D eigenvalue weighted by Gasteiger charge is -2.24. The number of halogens is 1. The summed E-state index contributed by atoms with van der Waals surface area (Å²) in [6, 6.07) is 6.28. The van der Waals surface area contributed by atoms with Crippen molar-refractivity contribution in [3.8, 4) is 11.4 Å². The van der Waals surface area contributed by atoms with Gasteiger partial charge in [0.1, 0.15) is 11.5 Å². The van der Waals surface area contributed by atoms with E-state index in [4.69, 9.17) is 11.5 Å². The van der Waals surface area contributed by atoms with Crippen LogP contribution in [0.1, 0.15) is 29.8 Å². The number of nitrogens with one attached hydrogen (secondary N) is 1. The molecule has 1 amide bonds. The molecule has 0 spiro atoms. The maximum Gasteiger partial charge on any atom is 0.276 e. The van der Waals surface area contributed by atoms with Gasteiger partial charge in [0.2, 0.25) is 0 Å². The van der Waals surface area contributed by atoms with Gasteiger partial charge in [-0.25, -0.2) is 14.4 Å². The van der Waals surface area contributed by atoms with E-state index in [9.17, 15) is 9.18 Å². The molecule has 0 unspecified atom stereocenters. The third kappa shape index (κ3) is 4.33. The van der Waals surface area contributed by atoms with Gasteiger partial charge in [-0.05, 0) is 31.4 Å². The van der Waals surface area contributed by atoms with Crippen LogP contribution in [0.25, 0.3) is 11.4 Å². The molecule has 31 heavy (non-hydrogen) atoms. The maximum atomic E-state index is 14.1. The molecule has 0 saturated carbocycles. The topological polar surface area (TPSA) is 128 Å². The van der Waals surface area contributed by atoms with Crippen LogP contribution >= 0.6 is 0 Å². The summed E-state index contributed by atoms with van der Waals surface area (Å²) in [5.41, 5.74) is 12.9. The number of nitrogen functional groups attached to an aromatic ring is 1. The Morgan fingerprint density at radius 1 is 1.23 bits per heavy atom. The molecule has 3 aromatic rings. The molecule has 10 heteroatoms. The smallest absolute Gasteiger partial charge is 0.276 e. The van der Waals surface area contributed by atoms with Crippen molar-refractivity contribution in [3.05, 3.63) is 48.2 Å². The van der Waals surface area contributed by atoms with Gasteiger partial charge >= 0.3 is 0 Å². The van der Waals surface area contributed by atoms with Gasteiger partial charge in [0.15, 0.2) is 17.3 Å². The van der Waals surface area contributed by atoms with Crippen LogP contribution in [-0.4, -0.2) is 44.8 Å². The number of hydrogen-bond acceptors (Lipinski definition) is 7. The first-order valence-corrected chi connectivity index (χ1v) is 10.2. The van der Waals surface area contributed by atoms with Crippen LogP contribution in [0.3, 0.4) is 0 Å². The van der Waals surface area contributed by atoms with Crippen LogP contribution in [0.5, 0.6) is 0 Å². The van der Waals surface area contributed by atoms with Crippen LogP contribution in [0, 0.1) is 5.82 Å². The molecule has 1 fully saturated rings. The second-order valence-corrected chi connectivity index (χ2v) is 7.62. The molecule has 1 saturated heterocycles. The molecule has 1 atom stereocenters. The van der Waals surface area contributed by atoms with E-state index in [0.717, 1.165) is 38.2 Å². The fourth-order valence-electron chi connectivity index (χ4n) is 3.76. The van der Waals surface area contributed by atoms with E-state index in [-0.39, 0.29) is 28.8 Å². The van der Waals surface area contributed by atoms with Gasteiger partial charge in [-0.1, -0.05) is 12.1 Å². The average Bonchev–Trinajstić information content (AvgIpc) is 2.97. The first-order chi connectivity index (χ1) is 14.9. The summed E-state index contributed by atoms with van der Waals surface area (Å²) in [7, 11) is 1.82. The fourth-order valence-corrected chi connectivity index (χ4v) is 3.76. The molecule has 0 bridgehead atoms. The van der Waals surface area contributed by atoms with Crippen LogP contribution in [0.2, 0.25) is 0 Å². The third-order valence-electron chi connectivity index (χ3n) is 5.37. The SMILES string of the molecule is Cn1ncc(NC(=O)c2nc(-c3ccccc3F)ncc2N)c1N1CCC[C@@H](N)CC1. The lowest BCUT2D eigenvalue weighted by atomic mass is 10.1. The van der Waals surface area contributed by atoms with Crippen molar-refractivity contribution < 1.29 is 9.18 Å². The predicted octanol–water partition coefficient (Wildman–Crippen LogP) is 2.17. The van der Waals surface area contributed by atoms with Crippen LogP contribution < -0.4 is 21.7 Å². The largest absolute Gasteiger partial charge is 0.396 e. The van der Waals surface area contributed by atoms with E-state index in [1.165, 1.54) is 12.3 Å². The predicted molar refractivity (Wildman–Crippen MR) is 117 cm³/mol. The number of aromatic nitrogens is 4. The number of nitrogens with two attached hydrogens (primary N) is 2. The Morgan fingerprint density at radius 2 is 2.03 bits per heavy atom. The normalized spacial score (nSPS) is 16.7. The average molecular weight is 424 g/mol.